The Morgan fingerprint density at radius 3 is 2.76 bits per heavy atom. The first kappa shape index (κ1) is 13.6. The lowest BCUT2D eigenvalue weighted by molar-refractivity contribution is -0.138. The summed E-state index contributed by atoms with van der Waals surface area (Å²) in [6.45, 7) is 4.57. The summed E-state index contributed by atoms with van der Waals surface area (Å²) in [7, 11) is 0. The Morgan fingerprint density at radius 1 is 1.53 bits per heavy atom. The molecule has 4 heteroatoms. The van der Waals surface area contributed by atoms with E-state index in [0.717, 1.165) is 5.56 Å². The minimum atomic E-state index is -0.835. The lowest BCUT2D eigenvalue weighted by atomic mass is 10.1. The van der Waals surface area contributed by atoms with Crippen LogP contribution in [0.1, 0.15) is 19.4 Å². The number of halogens is 1. The summed E-state index contributed by atoms with van der Waals surface area (Å²) in [6.07, 6.45) is 0.652. The van der Waals surface area contributed by atoms with Gasteiger partial charge in [0.2, 0.25) is 0 Å². The van der Waals surface area contributed by atoms with E-state index in [4.69, 9.17) is 5.11 Å². The molecule has 1 rings (SSSR count). The van der Waals surface area contributed by atoms with Crippen LogP contribution >= 0.6 is 0 Å². The predicted octanol–water partition coefficient (Wildman–Crippen LogP) is 2.16. The van der Waals surface area contributed by atoms with Gasteiger partial charge >= 0.3 is 5.97 Å². The van der Waals surface area contributed by atoms with Gasteiger partial charge in [-0.15, -0.1) is 0 Å². The van der Waals surface area contributed by atoms with Crippen molar-refractivity contribution >= 4 is 5.97 Å². The third-order valence-electron chi connectivity index (χ3n) is 2.79. The summed E-state index contributed by atoms with van der Waals surface area (Å²) in [6, 6.07) is 6.51. The van der Waals surface area contributed by atoms with Gasteiger partial charge in [-0.2, -0.15) is 0 Å². The Hall–Kier alpha value is -1.42. The van der Waals surface area contributed by atoms with E-state index in [1.54, 1.807) is 6.07 Å². The maximum atomic E-state index is 13.0. The number of carboxylic acid groups (broad SMARTS) is 1. The minimum Gasteiger partial charge on any atom is -0.480 e. The predicted molar refractivity (Wildman–Crippen MR) is 64.4 cm³/mol. The summed E-state index contributed by atoms with van der Waals surface area (Å²) in [5, 5.41) is 8.77. The molecular formula is C13H18FNO2. The van der Waals surface area contributed by atoms with E-state index >= 15 is 0 Å². The SMILES string of the molecule is CCN(CC(=O)O)C(C)Cc1cccc(F)c1. The molecule has 0 radical (unpaired) electrons. The number of hydrogen-bond acceptors (Lipinski definition) is 2. The van der Waals surface area contributed by atoms with Crippen LogP contribution in [-0.4, -0.2) is 35.1 Å². The molecule has 0 fully saturated rings. The summed E-state index contributed by atoms with van der Waals surface area (Å²) >= 11 is 0. The molecule has 1 unspecified atom stereocenters. The smallest absolute Gasteiger partial charge is 0.317 e. The molecule has 0 aliphatic rings. The zero-order chi connectivity index (χ0) is 12.8. The topological polar surface area (TPSA) is 40.5 Å². The van der Waals surface area contributed by atoms with Gasteiger partial charge in [0, 0.05) is 6.04 Å². The second-order valence-corrected chi connectivity index (χ2v) is 4.14. The van der Waals surface area contributed by atoms with Crippen molar-refractivity contribution in [2.75, 3.05) is 13.1 Å². The molecule has 0 heterocycles. The largest absolute Gasteiger partial charge is 0.480 e. The first-order valence-corrected chi connectivity index (χ1v) is 5.73. The van der Waals surface area contributed by atoms with E-state index in [2.05, 4.69) is 0 Å². The molecule has 1 aromatic rings. The van der Waals surface area contributed by atoms with Crippen LogP contribution in [-0.2, 0) is 11.2 Å². The van der Waals surface area contributed by atoms with Gasteiger partial charge < -0.3 is 5.11 Å². The fourth-order valence-electron chi connectivity index (χ4n) is 1.89. The highest BCUT2D eigenvalue weighted by molar-refractivity contribution is 5.69. The highest BCUT2D eigenvalue weighted by Crippen LogP contribution is 2.10. The standard InChI is InChI=1S/C13H18FNO2/c1-3-15(9-13(16)17)10(2)7-11-5-4-6-12(14)8-11/h4-6,8,10H,3,7,9H2,1-2H3,(H,16,17). The first-order valence-electron chi connectivity index (χ1n) is 5.73. The van der Waals surface area contributed by atoms with Crippen molar-refractivity contribution in [2.24, 2.45) is 0 Å². The van der Waals surface area contributed by atoms with Gasteiger partial charge in [0.1, 0.15) is 5.82 Å². The molecule has 3 nitrogen and oxygen atoms in total. The van der Waals surface area contributed by atoms with Crippen molar-refractivity contribution < 1.29 is 14.3 Å². The molecule has 1 aromatic carbocycles. The molecular weight excluding hydrogens is 221 g/mol. The van der Waals surface area contributed by atoms with Crippen LogP contribution < -0.4 is 0 Å². The molecule has 0 aliphatic carbocycles. The third-order valence-corrected chi connectivity index (χ3v) is 2.79. The zero-order valence-corrected chi connectivity index (χ0v) is 10.2. The highest BCUT2D eigenvalue weighted by atomic mass is 19.1. The zero-order valence-electron chi connectivity index (χ0n) is 10.2. The van der Waals surface area contributed by atoms with Crippen molar-refractivity contribution in [3.63, 3.8) is 0 Å². The Kier molecular flexibility index (Phi) is 5.10. The number of carboxylic acids is 1. The van der Waals surface area contributed by atoms with Crippen LogP contribution in [0.15, 0.2) is 24.3 Å². The first-order chi connectivity index (χ1) is 8.02. The van der Waals surface area contributed by atoms with E-state index in [9.17, 15) is 9.18 Å². The Bertz CT molecular complexity index is 381. The number of likely N-dealkylation sites (N-methyl/N-ethyl adjacent to an activating group) is 1. The van der Waals surface area contributed by atoms with Crippen molar-refractivity contribution in [2.45, 2.75) is 26.3 Å². The molecule has 0 bridgehead atoms. The Morgan fingerprint density at radius 2 is 2.24 bits per heavy atom. The van der Waals surface area contributed by atoms with E-state index < -0.39 is 5.97 Å². The molecule has 17 heavy (non-hydrogen) atoms. The van der Waals surface area contributed by atoms with Crippen molar-refractivity contribution in [3.05, 3.63) is 35.6 Å². The fourth-order valence-corrected chi connectivity index (χ4v) is 1.89. The maximum Gasteiger partial charge on any atom is 0.317 e. The highest BCUT2D eigenvalue weighted by Gasteiger charge is 2.15. The van der Waals surface area contributed by atoms with Gasteiger partial charge in [0.05, 0.1) is 6.54 Å². The second kappa shape index (κ2) is 6.35. The molecule has 0 spiro atoms. The number of nitrogens with zero attached hydrogens (tertiary/aromatic N) is 1. The summed E-state index contributed by atoms with van der Waals surface area (Å²) in [5.41, 5.74) is 0.890. The average molecular weight is 239 g/mol. The van der Waals surface area contributed by atoms with Crippen molar-refractivity contribution in [3.8, 4) is 0 Å². The monoisotopic (exact) mass is 239 g/mol. The van der Waals surface area contributed by atoms with Gasteiger partial charge in [0.15, 0.2) is 0 Å². The van der Waals surface area contributed by atoms with Crippen LogP contribution in [0.25, 0.3) is 0 Å². The van der Waals surface area contributed by atoms with E-state index in [0.29, 0.717) is 13.0 Å². The molecule has 94 valence electrons. The number of carbonyl (C=O) groups is 1. The molecule has 1 N–H and O–H groups in total. The van der Waals surface area contributed by atoms with Crippen LogP contribution in [0.5, 0.6) is 0 Å². The van der Waals surface area contributed by atoms with Gasteiger partial charge in [-0.3, -0.25) is 9.69 Å². The average Bonchev–Trinajstić information content (AvgIpc) is 2.25. The molecule has 1 atom stereocenters. The third kappa shape index (κ3) is 4.53. The van der Waals surface area contributed by atoms with Gasteiger partial charge in [-0.05, 0) is 37.6 Å². The van der Waals surface area contributed by atoms with Crippen LogP contribution in [0.3, 0.4) is 0 Å². The van der Waals surface area contributed by atoms with Crippen LogP contribution in [0.4, 0.5) is 4.39 Å². The van der Waals surface area contributed by atoms with Gasteiger partial charge in [0.25, 0.3) is 0 Å². The van der Waals surface area contributed by atoms with Crippen LogP contribution in [0.2, 0.25) is 0 Å². The van der Waals surface area contributed by atoms with E-state index in [1.807, 2.05) is 24.8 Å². The second-order valence-electron chi connectivity index (χ2n) is 4.14. The molecule has 0 aromatic heterocycles. The minimum absolute atomic E-state index is 0.0208. The normalized spacial score (nSPS) is 12.7. The Balaban J connectivity index is 2.63. The number of aliphatic carboxylic acids is 1. The maximum absolute atomic E-state index is 13.0. The van der Waals surface area contributed by atoms with Gasteiger partial charge in [-0.1, -0.05) is 19.1 Å². The van der Waals surface area contributed by atoms with E-state index in [1.165, 1.54) is 12.1 Å². The lowest BCUT2D eigenvalue weighted by Crippen LogP contribution is -2.38. The van der Waals surface area contributed by atoms with Crippen LogP contribution in [0, 0.1) is 5.82 Å². The number of benzene rings is 1. The fraction of sp³-hybridized carbons (Fsp3) is 0.462. The Labute approximate surface area is 101 Å². The summed E-state index contributed by atoms with van der Waals surface area (Å²) in [5.74, 6) is -1.09. The number of hydrogen-bond donors (Lipinski definition) is 1. The van der Waals surface area contributed by atoms with Crippen molar-refractivity contribution in [1.82, 2.24) is 4.90 Å². The number of rotatable bonds is 6. The quantitative estimate of drug-likeness (QED) is 0.827. The summed E-state index contributed by atoms with van der Waals surface area (Å²) in [4.78, 5) is 12.5. The van der Waals surface area contributed by atoms with Crippen molar-refractivity contribution in [1.29, 1.82) is 0 Å². The molecule has 0 saturated heterocycles. The lowest BCUT2D eigenvalue weighted by Gasteiger charge is -2.26. The molecule has 0 saturated carbocycles. The summed E-state index contributed by atoms with van der Waals surface area (Å²) < 4.78 is 13.0. The van der Waals surface area contributed by atoms with Gasteiger partial charge in [-0.25, -0.2) is 4.39 Å². The molecule has 0 aliphatic heterocycles. The molecule has 0 amide bonds. The van der Waals surface area contributed by atoms with E-state index in [-0.39, 0.29) is 18.4 Å².